The third-order valence-corrected chi connectivity index (χ3v) is 3.63. The van der Waals surface area contributed by atoms with Gasteiger partial charge in [-0.2, -0.15) is 9.89 Å². The number of pyridine rings is 1. The molecule has 2 aromatic heterocycles. The van der Waals surface area contributed by atoms with Crippen molar-refractivity contribution in [3.8, 4) is 0 Å². The first kappa shape index (κ1) is 12.0. The first-order valence-electron chi connectivity index (χ1n) is 6.73. The van der Waals surface area contributed by atoms with Crippen molar-refractivity contribution in [2.24, 2.45) is 0 Å². The SMILES string of the molecule is Cc1cc(C2CCCCN2n2cc(N)cn2)ccn1. The minimum atomic E-state index is 0.356. The van der Waals surface area contributed by atoms with Gasteiger partial charge in [0.05, 0.1) is 24.1 Å². The molecule has 1 aliphatic rings. The van der Waals surface area contributed by atoms with Crippen molar-refractivity contribution in [1.82, 2.24) is 14.9 Å². The lowest BCUT2D eigenvalue weighted by Gasteiger charge is -2.37. The molecular weight excluding hydrogens is 238 g/mol. The van der Waals surface area contributed by atoms with Crippen LogP contribution in [0.1, 0.15) is 36.6 Å². The zero-order chi connectivity index (χ0) is 13.2. The maximum Gasteiger partial charge on any atom is 0.0740 e. The fourth-order valence-electron chi connectivity index (χ4n) is 2.74. The predicted molar refractivity (Wildman–Crippen MR) is 75.3 cm³/mol. The van der Waals surface area contributed by atoms with Crippen LogP contribution in [0.5, 0.6) is 0 Å². The average molecular weight is 257 g/mol. The monoisotopic (exact) mass is 257 g/mol. The molecule has 2 N–H and O–H groups in total. The van der Waals surface area contributed by atoms with Gasteiger partial charge in [-0.1, -0.05) is 0 Å². The molecule has 0 amide bonds. The number of anilines is 1. The summed E-state index contributed by atoms with van der Waals surface area (Å²) >= 11 is 0. The molecule has 0 aromatic carbocycles. The van der Waals surface area contributed by atoms with E-state index >= 15 is 0 Å². The number of hydrogen-bond acceptors (Lipinski definition) is 4. The second-order valence-electron chi connectivity index (χ2n) is 5.10. The summed E-state index contributed by atoms with van der Waals surface area (Å²) in [4.78, 5) is 6.16. The van der Waals surface area contributed by atoms with Crippen LogP contribution in [-0.4, -0.2) is 21.4 Å². The number of aryl methyl sites for hydroxylation is 1. The summed E-state index contributed by atoms with van der Waals surface area (Å²) in [5, 5.41) is 6.63. The summed E-state index contributed by atoms with van der Waals surface area (Å²) in [5.74, 6) is 0. The molecule has 5 heteroatoms. The highest BCUT2D eigenvalue weighted by atomic mass is 15.7. The van der Waals surface area contributed by atoms with Gasteiger partial charge in [0.15, 0.2) is 0 Å². The molecule has 1 saturated heterocycles. The summed E-state index contributed by atoms with van der Waals surface area (Å²) in [5.41, 5.74) is 8.84. The minimum absolute atomic E-state index is 0.356. The van der Waals surface area contributed by atoms with Crippen LogP contribution in [0.2, 0.25) is 0 Å². The van der Waals surface area contributed by atoms with E-state index < -0.39 is 0 Å². The molecule has 0 bridgehead atoms. The van der Waals surface area contributed by atoms with E-state index in [0.717, 1.165) is 18.7 Å². The van der Waals surface area contributed by atoms with Crippen molar-refractivity contribution < 1.29 is 0 Å². The molecule has 1 aliphatic heterocycles. The second kappa shape index (κ2) is 4.91. The third kappa shape index (κ3) is 2.41. The summed E-state index contributed by atoms with van der Waals surface area (Å²) in [6.45, 7) is 3.04. The number of piperidine rings is 1. The highest BCUT2D eigenvalue weighted by Crippen LogP contribution is 2.29. The van der Waals surface area contributed by atoms with E-state index in [0.29, 0.717) is 11.7 Å². The molecule has 0 aliphatic carbocycles. The van der Waals surface area contributed by atoms with Gasteiger partial charge < -0.3 is 5.73 Å². The van der Waals surface area contributed by atoms with Crippen LogP contribution in [0.15, 0.2) is 30.7 Å². The molecule has 5 nitrogen and oxygen atoms in total. The van der Waals surface area contributed by atoms with Gasteiger partial charge in [0.25, 0.3) is 0 Å². The Bertz CT molecular complexity index is 562. The summed E-state index contributed by atoms with van der Waals surface area (Å²) in [6.07, 6.45) is 9.05. The molecule has 0 radical (unpaired) electrons. The van der Waals surface area contributed by atoms with Crippen molar-refractivity contribution >= 4 is 5.69 Å². The average Bonchev–Trinajstić information content (AvgIpc) is 2.85. The Kier molecular flexibility index (Phi) is 3.11. The number of rotatable bonds is 2. The van der Waals surface area contributed by atoms with Crippen LogP contribution in [0.3, 0.4) is 0 Å². The standard InChI is InChI=1S/C14H19N5/c1-11-8-12(5-6-16-11)14-4-2-3-7-18(14)19-10-13(15)9-17-19/h5-6,8-10,14H,2-4,7,15H2,1H3. The van der Waals surface area contributed by atoms with Crippen LogP contribution in [0, 0.1) is 6.92 Å². The van der Waals surface area contributed by atoms with Crippen LogP contribution >= 0.6 is 0 Å². The third-order valence-electron chi connectivity index (χ3n) is 3.63. The quantitative estimate of drug-likeness (QED) is 0.894. The molecular formula is C14H19N5. The van der Waals surface area contributed by atoms with E-state index in [9.17, 15) is 0 Å². The summed E-state index contributed by atoms with van der Waals surface area (Å²) in [6, 6.07) is 4.62. The van der Waals surface area contributed by atoms with Crippen LogP contribution in [0.25, 0.3) is 0 Å². The van der Waals surface area contributed by atoms with Crippen LogP contribution < -0.4 is 10.7 Å². The normalized spacial score (nSPS) is 19.6. The van der Waals surface area contributed by atoms with E-state index in [1.165, 1.54) is 18.4 Å². The van der Waals surface area contributed by atoms with Gasteiger partial charge in [0, 0.05) is 18.4 Å². The molecule has 19 heavy (non-hydrogen) atoms. The van der Waals surface area contributed by atoms with E-state index in [4.69, 9.17) is 5.73 Å². The molecule has 100 valence electrons. The molecule has 1 fully saturated rings. The minimum Gasteiger partial charge on any atom is -0.396 e. The first-order valence-corrected chi connectivity index (χ1v) is 6.73. The van der Waals surface area contributed by atoms with Gasteiger partial charge in [-0.25, -0.2) is 0 Å². The van der Waals surface area contributed by atoms with Crippen LogP contribution in [-0.2, 0) is 0 Å². The van der Waals surface area contributed by atoms with Gasteiger partial charge in [-0.15, -0.1) is 0 Å². The number of nitrogens with two attached hydrogens (primary N) is 1. The fourth-order valence-corrected chi connectivity index (χ4v) is 2.74. The van der Waals surface area contributed by atoms with Gasteiger partial charge in [0.2, 0.25) is 0 Å². The number of hydrogen-bond donors (Lipinski definition) is 1. The summed E-state index contributed by atoms with van der Waals surface area (Å²) < 4.78 is 0. The van der Waals surface area contributed by atoms with Crippen LogP contribution in [0.4, 0.5) is 5.69 Å². The first-order chi connectivity index (χ1) is 9.24. The van der Waals surface area contributed by atoms with E-state index in [2.05, 4.69) is 27.2 Å². The smallest absolute Gasteiger partial charge is 0.0740 e. The van der Waals surface area contributed by atoms with E-state index in [-0.39, 0.29) is 0 Å². The molecule has 3 rings (SSSR count). The maximum absolute atomic E-state index is 5.77. The van der Waals surface area contributed by atoms with Crippen molar-refractivity contribution in [3.05, 3.63) is 42.0 Å². The predicted octanol–water partition coefficient (Wildman–Crippen LogP) is 2.03. The number of nitrogens with zero attached hydrogens (tertiary/aromatic N) is 4. The maximum atomic E-state index is 5.77. The van der Waals surface area contributed by atoms with Gasteiger partial charge in [-0.3, -0.25) is 9.99 Å². The summed E-state index contributed by atoms with van der Waals surface area (Å²) in [7, 11) is 0. The highest BCUT2D eigenvalue weighted by molar-refractivity contribution is 5.32. The Hall–Kier alpha value is -2.04. The van der Waals surface area contributed by atoms with Gasteiger partial charge >= 0.3 is 0 Å². The zero-order valence-corrected chi connectivity index (χ0v) is 11.2. The zero-order valence-electron chi connectivity index (χ0n) is 11.2. The number of nitrogen functional groups attached to an aromatic ring is 1. The van der Waals surface area contributed by atoms with E-state index in [1.807, 2.05) is 24.1 Å². The van der Waals surface area contributed by atoms with Gasteiger partial charge in [0.1, 0.15) is 0 Å². The second-order valence-corrected chi connectivity index (χ2v) is 5.10. The molecule has 3 heterocycles. The molecule has 0 saturated carbocycles. The highest BCUT2D eigenvalue weighted by Gasteiger charge is 2.25. The Balaban J connectivity index is 1.93. The fraction of sp³-hybridized carbons (Fsp3) is 0.429. The lowest BCUT2D eigenvalue weighted by Crippen LogP contribution is -2.42. The Morgan fingerprint density at radius 2 is 2.26 bits per heavy atom. The Labute approximate surface area is 113 Å². The number of aromatic nitrogens is 3. The molecule has 0 spiro atoms. The largest absolute Gasteiger partial charge is 0.396 e. The molecule has 2 aromatic rings. The lowest BCUT2D eigenvalue weighted by molar-refractivity contribution is 0.366. The van der Waals surface area contributed by atoms with Crippen molar-refractivity contribution in [2.75, 3.05) is 17.3 Å². The van der Waals surface area contributed by atoms with Crippen molar-refractivity contribution in [2.45, 2.75) is 32.2 Å². The molecule has 1 unspecified atom stereocenters. The Morgan fingerprint density at radius 3 is 3.00 bits per heavy atom. The van der Waals surface area contributed by atoms with Crippen molar-refractivity contribution in [3.63, 3.8) is 0 Å². The lowest BCUT2D eigenvalue weighted by atomic mass is 9.97. The Morgan fingerprint density at radius 1 is 1.37 bits per heavy atom. The van der Waals surface area contributed by atoms with Gasteiger partial charge in [-0.05, 0) is 43.9 Å². The topological polar surface area (TPSA) is 60.0 Å². The van der Waals surface area contributed by atoms with E-state index in [1.54, 1.807) is 6.20 Å². The molecule has 1 atom stereocenters. The van der Waals surface area contributed by atoms with Crippen molar-refractivity contribution in [1.29, 1.82) is 0 Å².